The molecule has 0 saturated carbocycles. The molecule has 1 N–H and O–H groups in total. The van der Waals surface area contributed by atoms with Crippen LogP contribution in [0.2, 0.25) is 0 Å². The van der Waals surface area contributed by atoms with Crippen LogP contribution in [-0.2, 0) is 0 Å². The summed E-state index contributed by atoms with van der Waals surface area (Å²) < 4.78 is 40.2. The maximum Gasteiger partial charge on any atom is 0.240 e. The first kappa shape index (κ1) is 14.8. The number of nitrogens with zero attached hydrogens (tertiary/aromatic N) is 1. The van der Waals surface area contributed by atoms with Gasteiger partial charge in [-0.1, -0.05) is 22.0 Å². The third-order valence-electron chi connectivity index (χ3n) is 3.33. The van der Waals surface area contributed by atoms with E-state index in [1.807, 2.05) is 4.90 Å². The summed E-state index contributed by atoms with van der Waals surface area (Å²) in [6.07, 6.45) is -2.80. The lowest BCUT2D eigenvalue weighted by Crippen LogP contribution is -2.45. The minimum absolute atomic E-state index is 0.338. The Balaban J connectivity index is 2.30. The molecule has 1 aliphatic rings. The largest absolute Gasteiger partial charge is 0.314 e. The molecule has 0 amide bonds. The molecule has 1 aromatic rings. The first-order chi connectivity index (χ1) is 9.09. The Hall–Kier alpha value is -0.590. The number of piperazine rings is 1. The molecule has 0 aromatic heterocycles. The molecule has 106 valence electrons. The summed E-state index contributed by atoms with van der Waals surface area (Å²) in [4.78, 5) is 1.92. The highest BCUT2D eigenvalue weighted by atomic mass is 79.9. The number of hydrogen-bond donors (Lipinski definition) is 1. The standard InChI is InChI=1S/C13H16BrF3N2/c14-9-2-1-3-10(15)13(9)11(8-12(16)17)19-6-4-18-5-7-19/h1-3,11-12,18H,4-8H2/t11-/m0/s1. The van der Waals surface area contributed by atoms with Crippen molar-refractivity contribution in [1.29, 1.82) is 0 Å². The van der Waals surface area contributed by atoms with Gasteiger partial charge >= 0.3 is 0 Å². The van der Waals surface area contributed by atoms with E-state index in [1.165, 1.54) is 6.07 Å². The zero-order valence-corrected chi connectivity index (χ0v) is 12.0. The van der Waals surface area contributed by atoms with Crippen molar-refractivity contribution in [2.24, 2.45) is 0 Å². The molecule has 1 aliphatic heterocycles. The second kappa shape index (κ2) is 6.72. The molecule has 1 fully saturated rings. The molecule has 6 heteroatoms. The van der Waals surface area contributed by atoms with Gasteiger partial charge in [-0.15, -0.1) is 0 Å². The van der Waals surface area contributed by atoms with Crippen LogP contribution < -0.4 is 5.32 Å². The number of alkyl halides is 2. The summed E-state index contributed by atoms with van der Waals surface area (Å²) in [5.74, 6) is -0.432. The SMILES string of the molecule is Fc1cccc(Br)c1[C@H](CC(F)F)N1CCNCC1. The van der Waals surface area contributed by atoms with Gasteiger partial charge in [-0.05, 0) is 12.1 Å². The van der Waals surface area contributed by atoms with Gasteiger partial charge in [-0.3, -0.25) is 4.90 Å². The van der Waals surface area contributed by atoms with Crippen LogP contribution in [0.15, 0.2) is 22.7 Å². The predicted octanol–water partition coefficient (Wildman–Crippen LogP) is 3.19. The molecule has 0 unspecified atom stereocenters. The van der Waals surface area contributed by atoms with Crippen molar-refractivity contribution in [3.63, 3.8) is 0 Å². The van der Waals surface area contributed by atoms with Gasteiger partial charge in [0.2, 0.25) is 6.43 Å². The summed E-state index contributed by atoms with van der Waals surface area (Å²) in [5.41, 5.74) is 0.338. The summed E-state index contributed by atoms with van der Waals surface area (Å²) in [7, 11) is 0. The second-order valence-corrected chi connectivity index (χ2v) is 5.42. The second-order valence-electron chi connectivity index (χ2n) is 4.56. The lowest BCUT2D eigenvalue weighted by molar-refractivity contribution is 0.0722. The highest BCUT2D eigenvalue weighted by Gasteiger charge is 2.29. The average Bonchev–Trinajstić information content (AvgIpc) is 2.38. The number of hydrogen-bond acceptors (Lipinski definition) is 2. The van der Waals surface area contributed by atoms with Gasteiger partial charge in [-0.25, -0.2) is 13.2 Å². The highest BCUT2D eigenvalue weighted by Crippen LogP contribution is 2.34. The van der Waals surface area contributed by atoms with E-state index < -0.39 is 18.3 Å². The van der Waals surface area contributed by atoms with Crippen molar-refractivity contribution in [3.8, 4) is 0 Å². The Morgan fingerprint density at radius 3 is 2.53 bits per heavy atom. The lowest BCUT2D eigenvalue weighted by Gasteiger charge is -2.35. The fourth-order valence-electron chi connectivity index (χ4n) is 2.44. The molecule has 1 heterocycles. The molecule has 0 spiro atoms. The third-order valence-corrected chi connectivity index (χ3v) is 4.02. The van der Waals surface area contributed by atoms with Crippen molar-refractivity contribution in [2.45, 2.75) is 18.9 Å². The molecule has 1 saturated heterocycles. The summed E-state index contributed by atoms with van der Waals surface area (Å²) in [5, 5.41) is 3.17. The maximum absolute atomic E-state index is 14.0. The minimum Gasteiger partial charge on any atom is -0.314 e. The summed E-state index contributed by atoms with van der Waals surface area (Å²) in [6.45, 7) is 2.79. The molecule has 1 atom stereocenters. The van der Waals surface area contributed by atoms with Crippen LogP contribution in [0, 0.1) is 5.82 Å². The van der Waals surface area contributed by atoms with E-state index >= 15 is 0 Å². The first-order valence-corrected chi connectivity index (χ1v) is 7.05. The normalized spacial score (nSPS) is 18.8. The van der Waals surface area contributed by atoms with Crippen molar-refractivity contribution in [3.05, 3.63) is 34.1 Å². The van der Waals surface area contributed by atoms with Gasteiger partial charge in [0.1, 0.15) is 5.82 Å². The van der Waals surface area contributed by atoms with E-state index in [4.69, 9.17) is 0 Å². The molecular formula is C13H16BrF3N2. The van der Waals surface area contributed by atoms with Gasteiger partial charge in [0.05, 0.1) is 0 Å². The molecule has 2 rings (SSSR count). The van der Waals surface area contributed by atoms with E-state index in [2.05, 4.69) is 21.2 Å². The zero-order valence-electron chi connectivity index (χ0n) is 10.4. The Labute approximate surface area is 119 Å². The van der Waals surface area contributed by atoms with Gasteiger partial charge < -0.3 is 5.32 Å². The van der Waals surface area contributed by atoms with E-state index in [1.54, 1.807) is 12.1 Å². The van der Waals surface area contributed by atoms with Crippen LogP contribution in [0.5, 0.6) is 0 Å². The molecule has 0 bridgehead atoms. The quantitative estimate of drug-likeness (QED) is 0.908. The number of halogens is 4. The smallest absolute Gasteiger partial charge is 0.240 e. The van der Waals surface area contributed by atoms with Crippen molar-refractivity contribution in [1.82, 2.24) is 10.2 Å². The topological polar surface area (TPSA) is 15.3 Å². The zero-order chi connectivity index (χ0) is 13.8. The highest BCUT2D eigenvalue weighted by molar-refractivity contribution is 9.10. The molecule has 0 aliphatic carbocycles. The summed E-state index contributed by atoms with van der Waals surface area (Å²) >= 11 is 3.28. The Bertz CT molecular complexity index is 402. The summed E-state index contributed by atoms with van der Waals surface area (Å²) in [6, 6.07) is 4.00. The van der Waals surface area contributed by atoms with Crippen molar-refractivity contribution in [2.75, 3.05) is 26.2 Å². The minimum atomic E-state index is -2.45. The van der Waals surface area contributed by atoms with Gasteiger partial charge in [0.15, 0.2) is 0 Å². The van der Waals surface area contributed by atoms with Crippen LogP contribution in [0.1, 0.15) is 18.0 Å². The first-order valence-electron chi connectivity index (χ1n) is 6.26. The van der Waals surface area contributed by atoms with Crippen molar-refractivity contribution >= 4 is 15.9 Å². The number of rotatable bonds is 4. The third kappa shape index (κ3) is 3.70. The molecule has 0 radical (unpaired) electrons. The van der Waals surface area contributed by atoms with E-state index in [9.17, 15) is 13.2 Å². The molecule has 1 aromatic carbocycles. The number of benzene rings is 1. The average molecular weight is 337 g/mol. The molecule has 2 nitrogen and oxygen atoms in total. The van der Waals surface area contributed by atoms with Crippen LogP contribution in [0.4, 0.5) is 13.2 Å². The van der Waals surface area contributed by atoms with E-state index in [0.29, 0.717) is 23.1 Å². The Morgan fingerprint density at radius 1 is 1.26 bits per heavy atom. The fourth-order valence-corrected chi connectivity index (χ4v) is 3.05. The monoisotopic (exact) mass is 336 g/mol. The van der Waals surface area contributed by atoms with Crippen LogP contribution >= 0.6 is 15.9 Å². The fraction of sp³-hybridized carbons (Fsp3) is 0.538. The van der Waals surface area contributed by atoms with Crippen LogP contribution in [0.3, 0.4) is 0 Å². The molecule has 19 heavy (non-hydrogen) atoms. The Kier molecular flexibility index (Phi) is 5.24. The Morgan fingerprint density at radius 2 is 1.95 bits per heavy atom. The predicted molar refractivity (Wildman–Crippen MR) is 71.9 cm³/mol. The van der Waals surface area contributed by atoms with Crippen LogP contribution in [0.25, 0.3) is 0 Å². The lowest BCUT2D eigenvalue weighted by atomic mass is 10.0. The van der Waals surface area contributed by atoms with Crippen LogP contribution in [-0.4, -0.2) is 37.5 Å². The number of nitrogens with one attached hydrogen (secondary N) is 1. The van der Waals surface area contributed by atoms with Gasteiger partial charge in [0, 0.05) is 48.7 Å². The van der Waals surface area contributed by atoms with E-state index in [-0.39, 0.29) is 6.42 Å². The molecular weight excluding hydrogens is 321 g/mol. The van der Waals surface area contributed by atoms with E-state index in [0.717, 1.165) is 13.1 Å². The van der Waals surface area contributed by atoms with Gasteiger partial charge in [0.25, 0.3) is 0 Å². The van der Waals surface area contributed by atoms with Gasteiger partial charge in [-0.2, -0.15) is 0 Å². The van der Waals surface area contributed by atoms with Crippen molar-refractivity contribution < 1.29 is 13.2 Å². The maximum atomic E-state index is 14.0.